The number of benzene rings is 1. The van der Waals surface area contributed by atoms with E-state index >= 15 is 0 Å². The molecule has 132 valence electrons. The predicted octanol–water partition coefficient (Wildman–Crippen LogP) is 2.82. The number of aryl methyl sites for hydroxylation is 2. The van der Waals surface area contributed by atoms with Gasteiger partial charge in [-0.3, -0.25) is 0 Å². The van der Waals surface area contributed by atoms with Gasteiger partial charge in [-0.25, -0.2) is 21.6 Å². The van der Waals surface area contributed by atoms with Crippen molar-refractivity contribution in [3.8, 4) is 0 Å². The van der Waals surface area contributed by atoms with Crippen molar-refractivity contribution < 1.29 is 16.8 Å². The summed E-state index contributed by atoms with van der Waals surface area (Å²) in [5.74, 6) is -0.0894. The van der Waals surface area contributed by atoms with Gasteiger partial charge >= 0.3 is 0 Å². The fourth-order valence-electron chi connectivity index (χ4n) is 2.20. The maximum atomic E-state index is 13.1. The van der Waals surface area contributed by atoms with Crippen molar-refractivity contribution in [3.05, 3.63) is 51.7 Å². The fourth-order valence-corrected chi connectivity index (χ4v) is 5.80. The van der Waals surface area contributed by atoms with Crippen LogP contribution in [-0.2, 0) is 19.9 Å². The first-order valence-electron chi connectivity index (χ1n) is 7.49. The van der Waals surface area contributed by atoms with Crippen LogP contribution in [0.5, 0.6) is 0 Å². The van der Waals surface area contributed by atoms with Gasteiger partial charge in [-0.1, -0.05) is 12.1 Å². The zero-order chi connectivity index (χ0) is 18.0. The second kappa shape index (κ2) is 7.35. The molecule has 0 unspecified atom stereocenters. The van der Waals surface area contributed by atoms with Gasteiger partial charge < -0.3 is 0 Å². The standard InChI is InChI=1S/C16H21NO4S3/c1-4-23(18,19)17-11-16(15-6-5-9-22-15)24(20,21)14-8-7-12(2)13(3)10-14/h5-10,16-17H,4,11H2,1-3H3/t16-/m0/s1. The summed E-state index contributed by atoms with van der Waals surface area (Å²) in [6.45, 7) is 5.11. The van der Waals surface area contributed by atoms with Crippen LogP contribution in [0.3, 0.4) is 0 Å². The maximum Gasteiger partial charge on any atom is 0.211 e. The molecule has 1 aromatic heterocycles. The van der Waals surface area contributed by atoms with Crippen molar-refractivity contribution >= 4 is 31.2 Å². The number of sulfone groups is 1. The summed E-state index contributed by atoms with van der Waals surface area (Å²) in [6.07, 6.45) is 0. The van der Waals surface area contributed by atoms with Crippen LogP contribution >= 0.6 is 11.3 Å². The van der Waals surface area contributed by atoms with E-state index in [-0.39, 0.29) is 17.2 Å². The van der Waals surface area contributed by atoms with E-state index in [9.17, 15) is 16.8 Å². The SMILES string of the molecule is CCS(=O)(=O)NC[C@@H](c1cccs1)S(=O)(=O)c1ccc(C)c(C)c1. The molecule has 5 nitrogen and oxygen atoms in total. The lowest BCUT2D eigenvalue weighted by molar-refractivity contribution is 0.570. The average molecular weight is 388 g/mol. The Kier molecular flexibility index (Phi) is 5.85. The van der Waals surface area contributed by atoms with Crippen LogP contribution in [0, 0.1) is 13.8 Å². The van der Waals surface area contributed by atoms with Crippen molar-refractivity contribution in [2.24, 2.45) is 0 Å². The molecule has 24 heavy (non-hydrogen) atoms. The van der Waals surface area contributed by atoms with Gasteiger partial charge in [-0.2, -0.15) is 0 Å². The highest BCUT2D eigenvalue weighted by Crippen LogP contribution is 2.32. The van der Waals surface area contributed by atoms with Crippen LogP contribution in [0.4, 0.5) is 0 Å². The first-order chi connectivity index (χ1) is 11.2. The zero-order valence-corrected chi connectivity index (χ0v) is 16.3. The minimum atomic E-state index is -3.71. The largest absolute Gasteiger partial charge is 0.223 e. The number of rotatable bonds is 7. The molecule has 0 bridgehead atoms. The van der Waals surface area contributed by atoms with Gasteiger partial charge in [0.25, 0.3) is 0 Å². The van der Waals surface area contributed by atoms with Gasteiger partial charge in [0.1, 0.15) is 5.25 Å². The molecule has 0 aliphatic carbocycles. The Morgan fingerprint density at radius 2 is 1.79 bits per heavy atom. The third-order valence-corrected chi connectivity index (χ3v) is 8.49. The second-order valence-electron chi connectivity index (χ2n) is 5.55. The summed E-state index contributed by atoms with van der Waals surface area (Å²) in [6, 6.07) is 8.46. The third-order valence-electron chi connectivity index (χ3n) is 3.91. The molecule has 2 rings (SSSR count). The molecule has 0 amide bonds. The first kappa shape index (κ1) is 19.1. The molecular weight excluding hydrogens is 366 g/mol. The van der Waals surface area contributed by atoms with Gasteiger partial charge in [-0.05, 0) is 55.5 Å². The Labute approximate surface area is 147 Å². The van der Waals surface area contributed by atoms with Crippen LogP contribution in [0.15, 0.2) is 40.6 Å². The topological polar surface area (TPSA) is 80.3 Å². The average Bonchev–Trinajstić information content (AvgIpc) is 3.03. The summed E-state index contributed by atoms with van der Waals surface area (Å²) in [5.41, 5.74) is 1.89. The lowest BCUT2D eigenvalue weighted by atomic mass is 10.1. The minimum absolute atomic E-state index is 0.0894. The van der Waals surface area contributed by atoms with Gasteiger partial charge in [0.05, 0.1) is 10.6 Å². The summed E-state index contributed by atoms with van der Waals surface area (Å²) in [7, 11) is -7.18. The van der Waals surface area contributed by atoms with Gasteiger partial charge in [0.15, 0.2) is 9.84 Å². The van der Waals surface area contributed by atoms with Crippen LogP contribution in [0.25, 0.3) is 0 Å². The van der Waals surface area contributed by atoms with E-state index < -0.39 is 25.1 Å². The lowest BCUT2D eigenvalue weighted by Crippen LogP contribution is -2.32. The molecule has 1 aromatic carbocycles. The predicted molar refractivity (Wildman–Crippen MR) is 97.6 cm³/mol. The first-order valence-corrected chi connectivity index (χ1v) is 11.6. The van der Waals surface area contributed by atoms with Crippen LogP contribution in [0.1, 0.15) is 28.2 Å². The van der Waals surface area contributed by atoms with E-state index in [1.165, 1.54) is 18.3 Å². The Bertz CT molecular complexity index is 901. The third kappa shape index (κ3) is 4.24. The Balaban J connectivity index is 2.44. The highest BCUT2D eigenvalue weighted by Gasteiger charge is 2.31. The molecule has 1 heterocycles. The smallest absolute Gasteiger partial charge is 0.211 e. The van der Waals surface area contributed by atoms with E-state index in [1.54, 1.807) is 35.7 Å². The molecule has 0 aliphatic heterocycles. The van der Waals surface area contributed by atoms with Crippen LogP contribution < -0.4 is 4.72 Å². The Morgan fingerprint density at radius 3 is 2.33 bits per heavy atom. The zero-order valence-electron chi connectivity index (χ0n) is 13.8. The molecule has 8 heteroatoms. The molecule has 0 aliphatic rings. The van der Waals surface area contributed by atoms with Crippen molar-refractivity contribution in [1.29, 1.82) is 0 Å². The van der Waals surface area contributed by atoms with E-state index in [1.807, 2.05) is 13.8 Å². The molecule has 0 saturated heterocycles. The molecular formula is C16H21NO4S3. The molecule has 1 N–H and O–H groups in total. The summed E-state index contributed by atoms with van der Waals surface area (Å²) < 4.78 is 52.0. The highest BCUT2D eigenvalue weighted by molar-refractivity contribution is 7.92. The minimum Gasteiger partial charge on any atom is -0.223 e. The second-order valence-corrected chi connectivity index (χ2v) is 10.8. The molecule has 2 aromatic rings. The lowest BCUT2D eigenvalue weighted by Gasteiger charge is -2.18. The van der Waals surface area contributed by atoms with E-state index in [0.29, 0.717) is 4.88 Å². The van der Waals surface area contributed by atoms with Crippen molar-refractivity contribution in [2.45, 2.75) is 30.9 Å². The number of hydrogen-bond acceptors (Lipinski definition) is 5. The molecule has 0 saturated carbocycles. The number of sulfonamides is 1. The normalized spacial score (nSPS) is 13.8. The number of nitrogens with one attached hydrogen (secondary N) is 1. The summed E-state index contributed by atoms with van der Waals surface area (Å²) in [4.78, 5) is 0.826. The summed E-state index contributed by atoms with van der Waals surface area (Å²) in [5, 5.41) is 0.841. The van der Waals surface area contributed by atoms with Crippen LogP contribution in [0.2, 0.25) is 0 Å². The monoisotopic (exact) mass is 387 g/mol. The molecule has 0 radical (unpaired) electrons. The van der Waals surface area contributed by atoms with E-state index in [4.69, 9.17) is 0 Å². The van der Waals surface area contributed by atoms with Crippen LogP contribution in [-0.4, -0.2) is 29.1 Å². The van der Waals surface area contributed by atoms with Gasteiger partial charge in [0.2, 0.25) is 10.0 Å². The van der Waals surface area contributed by atoms with Crippen molar-refractivity contribution in [1.82, 2.24) is 4.72 Å². The van der Waals surface area contributed by atoms with Gasteiger partial charge in [0, 0.05) is 11.4 Å². The highest BCUT2D eigenvalue weighted by atomic mass is 32.2. The quantitative estimate of drug-likeness (QED) is 0.792. The van der Waals surface area contributed by atoms with Crippen molar-refractivity contribution in [2.75, 3.05) is 12.3 Å². The molecule has 0 fully saturated rings. The fraction of sp³-hybridized carbons (Fsp3) is 0.375. The number of hydrogen-bond donors (Lipinski definition) is 1. The van der Waals surface area contributed by atoms with E-state index in [0.717, 1.165) is 11.1 Å². The maximum absolute atomic E-state index is 13.1. The molecule has 0 spiro atoms. The molecule has 1 atom stereocenters. The number of thiophene rings is 1. The van der Waals surface area contributed by atoms with E-state index in [2.05, 4.69) is 4.72 Å². The summed E-state index contributed by atoms with van der Waals surface area (Å²) >= 11 is 1.30. The Morgan fingerprint density at radius 1 is 1.08 bits per heavy atom. The Hall–Kier alpha value is -1.22. The van der Waals surface area contributed by atoms with Crippen molar-refractivity contribution in [3.63, 3.8) is 0 Å². The van der Waals surface area contributed by atoms with Gasteiger partial charge in [-0.15, -0.1) is 11.3 Å².